The van der Waals surface area contributed by atoms with Crippen molar-refractivity contribution in [2.45, 2.75) is 38.5 Å². The van der Waals surface area contributed by atoms with Gasteiger partial charge in [-0.15, -0.1) is 0 Å². The normalized spacial score (nSPS) is 15.9. The van der Waals surface area contributed by atoms with Crippen molar-refractivity contribution in [2.75, 3.05) is 26.7 Å². The monoisotopic (exact) mass is 546 g/mol. The Labute approximate surface area is 222 Å². The number of hydrogen-bond donors (Lipinski definition) is 1. The van der Waals surface area contributed by atoms with Crippen LogP contribution in [0.4, 0.5) is 22.0 Å². The second-order valence-corrected chi connectivity index (χ2v) is 9.64. The maximum atomic E-state index is 15.7. The van der Waals surface area contributed by atoms with Crippen molar-refractivity contribution in [3.63, 3.8) is 0 Å². The van der Waals surface area contributed by atoms with Gasteiger partial charge in [0.1, 0.15) is 18.6 Å². The van der Waals surface area contributed by atoms with Crippen LogP contribution in [0, 0.1) is 34.7 Å². The van der Waals surface area contributed by atoms with Crippen molar-refractivity contribution in [2.24, 2.45) is 5.41 Å². The molecule has 10 heteroatoms. The summed E-state index contributed by atoms with van der Waals surface area (Å²) in [5.41, 5.74) is -0.413. The van der Waals surface area contributed by atoms with E-state index in [-0.39, 0.29) is 48.9 Å². The lowest BCUT2D eigenvalue weighted by atomic mass is 9.74. The first-order valence-corrected chi connectivity index (χ1v) is 12.4. The van der Waals surface area contributed by atoms with E-state index in [0.29, 0.717) is 29.7 Å². The fourth-order valence-electron chi connectivity index (χ4n) is 4.98. The first kappa shape index (κ1) is 28.3. The van der Waals surface area contributed by atoms with Gasteiger partial charge in [0.25, 0.3) is 0 Å². The lowest BCUT2D eigenvalue weighted by Crippen LogP contribution is -2.44. The average Bonchev–Trinajstić information content (AvgIpc) is 2.94. The van der Waals surface area contributed by atoms with E-state index < -0.39 is 41.7 Å². The van der Waals surface area contributed by atoms with Crippen LogP contribution in [0.2, 0.25) is 0 Å². The third kappa shape index (κ3) is 6.14. The Morgan fingerprint density at radius 1 is 1.18 bits per heavy atom. The van der Waals surface area contributed by atoms with Crippen LogP contribution in [0.3, 0.4) is 0 Å². The number of carboxylic acid groups (broad SMARTS) is 1. The van der Waals surface area contributed by atoms with Crippen LogP contribution in [0.5, 0.6) is 5.75 Å². The summed E-state index contributed by atoms with van der Waals surface area (Å²) in [6, 6.07) is 6.55. The molecule has 5 nitrogen and oxygen atoms in total. The van der Waals surface area contributed by atoms with Gasteiger partial charge in [-0.3, -0.25) is 14.7 Å². The number of carboxylic acids is 1. The number of methoxy groups -OCH3 is 1. The van der Waals surface area contributed by atoms with E-state index in [0.717, 1.165) is 12.1 Å². The van der Waals surface area contributed by atoms with Gasteiger partial charge in [-0.05, 0) is 56.0 Å². The first-order chi connectivity index (χ1) is 18.7. The second-order valence-electron chi connectivity index (χ2n) is 9.64. The summed E-state index contributed by atoms with van der Waals surface area (Å²) in [6.45, 7) is 0.0459. The van der Waals surface area contributed by atoms with Crippen molar-refractivity contribution in [1.29, 1.82) is 0 Å². The van der Waals surface area contributed by atoms with Crippen LogP contribution in [-0.2, 0) is 11.5 Å². The fourth-order valence-corrected chi connectivity index (χ4v) is 4.98. The number of ether oxygens (including phenoxy) is 1. The van der Waals surface area contributed by atoms with Gasteiger partial charge in [0.2, 0.25) is 0 Å². The van der Waals surface area contributed by atoms with E-state index in [1.165, 1.54) is 13.3 Å². The highest BCUT2D eigenvalue weighted by Gasteiger charge is 2.41. The lowest BCUT2D eigenvalue weighted by molar-refractivity contribution is -0.152. The van der Waals surface area contributed by atoms with Gasteiger partial charge in [-0.25, -0.2) is 22.0 Å². The Morgan fingerprint density at radius 3 is 2.49 bits per heavy atom. The molecular formula is C29H27F5N2O3. The highest BCUT2D eigenvalue weighted by atomic mass is 19.2. The smallest absolute Gasteiger partial charge is 0.309 e. The van der Waals surface area contributed by atoms with Gasteiger partial charge < -0.3 is 9.84 Å². The summed E-state index contributed by atoms with van der Waals surface area (Å²) in [5.74, 6) is 0.597. The van der Waals surface area contributed by atoms with Crippen LogP contribution in [0.15, 0.2) is 36.5 Å². The summed E-state index contributed by atoms with van der Waals surface area (Å²) in [5, 5.41) is 10.5. The van der Waals surface area contributed by atoms with Crippen molar-refractivity contribution in [3.8, 4) is 17.6 Å². The van der Waals surface area contributed by atoms with Gasteiger partial charge in [-0.2, -0.15) is 0 Å². The topological polar surface area (TPSA) is 62.7 Å². The third-order valence-corrected chi connectivity index (χ3v) is 7.32. The van der Waals surface area contributed by atoms with Crippen molar-refractivity contribution in [3.05, 3.63) is 70.7 Å². The van der Waals surface area contributed by atoms with E-state index in [4.69, 9.17) is 4.74 Å². The van der Waals surface area contributed by atoms with Crippen LogP contribution in [0.25, 0.3) is 10.9 Å². The number of nitrogens with zero attached hydrogens (tertiary/aromatic N) is 2. The molecule has 1 aliphatic rings. The molecule has 1 N–H and O–H groups in total. The third-order valence-electron chi connectivity index (χ3n) is 7.32. The molecule has 2 aromatic carbocycles. The lowest BCUT2D eigenvalue weighted by Gasteiger charge is -2.38. The predicted octanol–water partition coefficient (Wildman–Crippen LogP) is 6.14. The van der Waals surface area contributed by atoms with E-state index in [9.17, 15) is 27.5 Å². The Kier molecular flexibility index (Phi) is 8.70. The number of aromatic nitrogens is 1. The van der Waals surface area contributed by atoms with Crippen LogP contribution >= 0.6 is 0 Å². The number of hydrogen-bond acceptors (Lipinski definition) is 4. The summed E-state index contributed by atoms with van der Waals surface area (Å²) in [4.78, 5) is 18.4. The molecule has 0 amide bonds. The number of piperidine rings is 1. The molecule has 0 spiro atoms. The Morgan fingerprint density at radius 2 is 1.87 bits per heavy atom. The minimum atomic E-state index is -1.61. The number of rotatable bonds is 8. The predicted molar refractivity (Wildman–Crippen MR) is 135 cm³/mol. The van der Waals surface area contributed by atoms with Gasteiger partial charge in [-0.1, -0.05) is 11.8 Å². The van der Waals surface area contributed by atoms with E-state index >= 15 is 4.39 Å². The number of aliphatic carboxylic acids is 1. The van der Waals surface area contributed by atoms with Crippen LogP contribution in [-0.4, -0.2) is 47.7 Å². The highest BCUT2D eigenvalue weighted by Crippen LogP contribution is 2.41. The number of carbonyl (C=O) groups is 1. The molecule has 1 atom stereocenters. The zero-order chi connectivity index (χ0) is 28.2. The van der Waals surface area contributed by atoms with Gasteiger partial charge in [0.15, 0.2) is 17.5 Å². The maximum absolute atomic E-state index is 15.7. The minimum absolute atomic E-state index is 0.00816. The summed E-state index contributed by atoms with van der Waals surface area (Å²) < 4.78 is 74.5. The molecule has 4 rings (SSSR count). The van der Waals surface area contributed by atoms with Crippen LogP contribution < -0.4 is 4.74 Å². The second kappa shape index (κ2) is 12.0. The number of likely N-dealkylation sites (tertiary alicyclic amines) is 1. The van der Waals surface area contributed by atoms with E-state index in [1.54, 1.807) is 18.2 Å². The standard InChI is InChI=1S/C29H27F5N2O3/c1-39-20-4-5-25-21(15-20)26(19(16-30)17-35-25)22(31)6-7-29(28(37)38)8-11-36(12-9-29)10-2-3-18-13-23(32)27(34)24(33)14-18/h4-5,13-15,17,22H,6-12,16H2,1H3,(H,37,38)/t22-/m1/s1. The number of alkyl halides is 2. The van der Waals surface area contributed by atoms with Gasteiger partial charge in [0, 0.05) is 41.4 Å². The fraction of sp³-hybridized carbons (Fsp3) is 0.379. The summed E-state index contributed by atoms with van der Waals surface area (Å²) in [6.07, 6.45) is 0.130. The molecule has 1 aliphatic heterocycles. The molecule has 0 aliphatic carbocycles. The van der Waals surface area contributed by atoms with Crippen molar-refractivity contribution >= 4 is 16.9 Å². The number of halogens is 5. The quantitative estimate of drug-likeness (QED) is 0.209. The molecular weight excluding hydrogens is 519 g/mol. The number of pyridine rings is 1. The van der Waals surface area contributed by atoms with Gasteiger partial charge in [0.05, 0.1) is 24.6 Å². The molecule has 0 saturated carbocycles. The SMILES string of the molecule is COc1ccc2ncc(CF)c([C@H](F)CCC3(C(=O)O)CCN(CC#Cc4cc(F)c(F)c(F)c4)CC3)c2c1. The molecule has 2 heterocycles. The Hall–Kier alpha value is -3.71. The minimum Gasteiger partial charge on any atom is -0.497 e. The van der Waals surface area contributed by atoms with Crippen molar-refractivity contribution < 1.29 is 36.6 Å². The first-order valence-electron chi connectivity index (χ1n) is 12.4. The molecule has 0 unspecified atom stereocenters. The number of benzene rings is 2. The summed E-state index contributed by atoms with van der Waals surface area (Å²) >= 11 is 0. The summed E-state index contributed by atoms with van der Waals surface area (Å²) in [7, 11) is 1.47. The van der Waals surface area contributed by atoms with Crippen LogP contribution in [0.1, 0.15) is 48.5 Å². The average molecular weight is 547 g/mol. The zero-order valence-electron chi connectivity index (χ0n) is 21.2. The Bertz CT molecular complexity index is 1400. The zero-order valence-corrected chi connectivity index (χ0v) is 21.2. The molecule has 1 aromatic heterocycles. The molecule has 0 bridgehead atoms. The maximum Gasteiger partial charge on any atom is 0.309 e. The molecule has 206 valence electrons. The van der Waals surface area contributed by atoms with Crippen molar-refractivity contribution in [1.82, 2.24) is 9.88 Å². The van der Waals surface area contributed by atoms with E-state index in [2.05, 4.69) is 16.8 Å². The molecule has 0 radical (unpaired) electrons. The Balaban J connectivity index is 1.43. The largest absolute Gasteiger partial charge is 0.497 e. The molecule has 1 fully saturated rings. The molecule has 3 aromatic rings. The van der Waals surface area contributed by atoms with E-state index in [1.807, 2.05) is 4.90 Å². The molecule has 39 heavy (non-hydrogen) atoms. The highest BCUT2D eigenvalue weighted by molar-refractivity contribution is 5.85. The molecule has 1 saturated heterocycles. The van der Waals surface area contributed by atoms with Gasteiger partial charge >= 0.3 is 5.97 Å². The number of fused-ring (bicyclic) bond motifs is 1.